The van der Waals surface area contributed by atoms with E-state index in [2.05, 4.69) is 18.0 Å². The molecule has 0 heterocycles. The maximum Gasteiger partial charge on any atom is 0.0409 e. The number of nitrogens with zero attached hydrogens (tertiary/aromatic N) is 1. The molecule has 1 fully saturated rings. The van der Waals surface area contributed by atoms with Crippen LogP contribution in [-0.2, 0) is 6.54 Å². The summed E-state index contributed by atoms with van der Waals surface area (Å²) in [5.74, 6) is 0. The summed E-state index contributed by atoms with van der Waals surface area (Å²) in [4.78, 5) is 2.41. The Kier molecular flexibility index (Phi) is 4.43. The Morgan fingerprint density at radius 1 is 1.41 bits per heavy atom. The summed E-state index contributed by atoms with van der Waals surface area (Å²) in [5.41, 5.74) is 7.31. The SMILES string of the molecule is CN(Cc1cccc(Cl)c1)C1CCCC(N)C1. The topological polar surface area (TPSA) is 29.3 Å². The summed E-state index contributed by atoms with van der Waals surface area (Å²) in [7, 11) is 2.18. The summed E-state index contributed by atoms with van der Waals surface area (Å²) >= 11 is 6.00. The third kappa shape index (κ3) is 3.70. The lowest BCUT2D eigenvalue weighted by Gasteiger charge is -2.34. The van der Waals surface area contributed by atoms with Crippen LogP contribution in [-0.4, -0.2) is 24.0 Å². The van der Waals surface area contributed by atoms with E-state index in [-0.39, 0.29) is 0 Å². The quantitative estimate of drug-likeness (QED) is 0.896. The minimum atomic E-state index is 0.385. The van der Waals surface area contributed by atoms with Crippen LogP contribution in [0.25, 0.3) is 0 Å². The van der Waals surface area contributed by atoms with Gasteiger partial charge in [0, 0.05) is 23.7 Å². The molecule has 17 heavy (non-hydrogen) atoms. The van der Waals surface area contributed by atoms with Crippen LogP contribution < -0.4 is 5.73 Å². The van der Waals surface area contributed by atoms with Crippen molar-refractivity contribution in [2.45, 2.75) is 44.3 Å². The van der Waals surface area contributed by atoms with Crippen LogP contribution >= 0.6 is 11.6 Å². The fraction of sp³-hybridized carbons (Fsp3) is 0.571. The summed E-state index contributed by atoms with van der Waals surface area (Å²) in [6.07, 6.45) is 4.83. The van der Waals surface area contributed by atoms with Gasteiger partial charge in [0.15, 0.2) is 0 Å². The first-order valence-electron chi connectivity index (χ1n) is 6.35. The van der Waals surface area contributed by atoms with Crippen molar-refractivity contribution in [3.05, 3.63) is 34.9 Å². The second-order valence-electron chi connectivity index (χ2n) is 5.13. The highest BCUT2D eigenvalue weighted by molar-refractivity contribution is 6.30. The van der Waals surface area contributed by atoms with Gasteiger partial charge >= 0.3 is 0 Å². The molecule has 2 rings (SSSR count). The van der Waals surface area contributed by atoms with E-state index in [9.17, 15) is 0 Å². The largest absolute Gasteiger partial charge is 0.328 e. The molecule has 1 aromatic carbocycles. The minimum absolute atomic E-state index is 0.385. The first-order chi connectivity index (χ1) is 8.15. The number of benzene rings is 1. The summed E-state index contributed by atoms with van der Waals surface area (Å²) in [6.45, 7) is 0.956. The Bertz CT molecular complexity index is 367. The van der Waals surface area contributed by atoms with Crippen LogP contribution in [0.2, 0.25) is 5.02 Å². The first kappa shape index (κ1) is 12.9. The van der Waals surface area contributed by atoms with E-state index >= 15 is 0 Å². The average Bonchev–Trinajstić information content (AvgIpc) is 2.29. The minimum Gasteiger partial charge on any atom is -0.328 e. The third-order valence-corrected chi connectivity index (χ3v) is 3.87. The molecule has 2 nitrogen and oxygen atoms in total. The van der Waals surface area contributed by atoms with E-state index in [1.807, 2.05) is 18.2 Å². The maximum absolute atomic E-state index is 6.03. The predicted molar refractivity (Wildman–Crippen MR) is 73.2 cm³/mol. The van der Waals surface area contributed by atoms with Crippen LogP contribution in [0.15, 0.2) is 24.3 Å². The van der Waals surface area contributed by atoms with E-state index in [0.717, 1.165) is 18.0 Å². The van der Waals surface area contributed by atoms with Crippen LogP contribution in [0, 0.1) is 0 Å². The molecule has 1 aromatic rings. The Balaban J connectivity index is 1.94. The van der Waals surface area contributed by atoms with Crippen LogP contribution in [0.4, 0.5) is 0 Å². The van der Waals surface area contributed by atoms with Crippen LogP contribution in [0.1, 0.15) is 31.2 Å². The molecule has 0 aromatic heterocycles. The molecule has 0 aliphatic heterocycles. The van der Waals surface area contributed by atoms with E-state index in [1.165, 1.54) is 24.8 Å². The highest BCUT2D eigenvalue weighted by atomic mass is 35.5. The van der Waals surface area contributed by atoms with Crippen LogP contribution in [0.5, 0.6) is 0 Å². The standard InChI is InChI=1S/C14H21ClN2/c1-17(14-7-3-6-13(16)9-14)10-11-4-2-5-12(15)8-11/h2,4-5,8,13-14H,3,6-7,9-10,16H2,1H3. The molecular weight excluding hydrogens is 232 g/mol. The molecule has 0 radical (unpaired) electrons. The Morgan fingerprint density at radius 2 is 2.24 bits per heavy atom. The number of halogens is 1. The molecule has 1 saturated carbocycles. The summed E-state index contributed by atoms with van der Waals surface area (Å²) < 4.78 is 0. The van der Waals surface area contributed by atoms with E-state index < -0.39 is 0 Å². The van der Waals surface area contributed by atoms with Crippen molar-refractivity contribution in [2.75, 3.05) is 7.05 Å². The van der Waals surface area contributed by atoms with Gasteiger partial charge in [0.25, 0.3) is 0 Å². The van der Waals surface area contributed by atoms with Gasteiger partial charge in [-0.15, -0.1) is 0 Å². The molecule has 0 bridgehead atoms. The van der Waals surface area contributed by atoms with Gasteiger partial charge in [-0.3, -0.25) is 4.90 Å². The van der Waals surface area contributed by atoms with Crippen molar-refractivity contribution in [3.8, 4) is 0 Å². The van der Waals surface area contributed by atoms with Crippen molar-refractivity contribution in [1.82, 2.24) is 4.90 Å². The molecule has 3 heteroatoms. The predicted octanol–water partition coefficient (Wildman–Crippen LogP) is 3.04. The zero-order valence-electron chi connectivity index (χ0n) is 10.4. The smallest absolute Gasteiger partial charge is 0.0409 e. The molecule has 0 saturated heterocycles. The van der Waals surface area contributed by atoms with E-state index in [0.29, 0.717) is 12.1 Å². The highest BCUT2D eigenvalue weighted by Crippen LogP contribution is 2.23. The Labute approximate surface area is 109 Å². The second-order valence-corrected chi connectivity index (χ2v) is 5.56. The van der Waals surface area contributed by atoms with Gasteiger partial charge < -0.3 is 5.73 Å². The molecular formula is C14H21ClN2. The van der Waals surface area contributed by atoms with Gasteiger partial charge in [-0.05, 0) is 44.0 Å². The first-order valence-corrected chi connectivity index (χ1v) is 6.73. The van der Waals surface area contributed by atoms with Gasteiger partial charge in [0.1, 0.15) is 0 Å². The van der Waals surface area contributed by atoms with E-state index in [1.54, 1.807) is 0 Å². The average molecular weight is 253 g/mol. The van der Waals surface area contributed by atoms with Crippen LogP contribution in [0.3, 0.4) is 0 Å². The number of hydrogen-bond donors (Lipinski definition) is 1. The molecule has 1 aliphatic carbocycles. The van der Waals surface area contributed by atoms with Gasteiger partial charge in [-0.25, -0.2) is 0 Å². The molecule has 2 N–H and O–H groups in total. The van der Waals surface area contributed by atoms with Gasteiger partial charge in [0.05, 0.1) is 0 Å². The second kappa shape index (κ2) is 5.85. The molecule has 2 atom stereocenters. The maximum atomic E-state index is 6.03. The highest BCUT2D eigenvalue weighted by Gasteiger charge is 2.22. The van der Waals surface area contributed by atoms with Crippen molar-refractivity contribution < 1.29 is 0 Å². The van der Waals surface area contributed by atoms with Crippen molar-refractivity contribution >= 4 is 11.6 Å². The van der Waals surface area contributed by atoms with E-state index in [4.69, 9.17) is 17.3 Å². The van der Waals surface area contributed by atoms with Crippen molar-refractivity contribution in [2.24, 2.45) is 5.73 Å². The monoisotopic (exact) mass is 252 g/mol. The zero-order chi connectivity index (χ0) is 12.3. The number of rotatable bonds is 3. The Hall–Kier alpha value is -0.570. The fourth-order valence-electron chi connectivity index (χ4n) is 2.65. The lowest BCUT2D eigenvalue weighted by molar-refractivity contribution is 0.173. The molecule has 1 aliphatic rings. The normalized spacial score (nSPS) is 25.2. The molecule has 0 spiro atoms. The fourth-order valence-corrected chi connectivity index (χ4v) is 2.87. The van der Waals surface area contributed by atoms with Gasteiger partial charge in [-0.2, -0.15) is 0 Å². The van der Waals surface area contributed by atoms with Crippen molar-refractivity contribution in [1.29, 1.82) is 0 Å². The lowest BCUT2D eigenvalue weighted by Crippen LogP contribution is -2.40. The Morgan fingerprint density at radius 3 is 2.94 bits per heavy atom. The molecule has 94 valence electrons. The summed E-state index contributed by atoms with van der Waals surface area (Å²) in [6, 6.07) is 9.11. The lowest BCUT2D eigenvalue weighted by atomic mass is 9.90. The molecule has 2 unspecified atom stereocenters. The number of hydrogen-bond acceptors (Lipinski definition) is 2. The summed E-state index contributed by atoms with van der Waals surface area (Å²) in [5, 5.41) is 0.816. The van der Waals surface area contributed by atoms with Gasteiger partial charge in [-0.1, -0.05) is 30.2 Å². The number of nitrogens with two attached hydrogens (primary N) is 1. The zero-order valence-corrected chi connectivity index (χ0v) is 11.2. The van der Waals surface area contributed by atoms with Gasteiger partial charge in [0.2, 0.25) is 0 Å². The third-order valence-electron chi connectivity index (χ3n) is 3.63. The molecule has 0 amide bonds. The van der Waals surface area contributed by atoms with Crippen molar-refractivity contribution in [3.63, 3.8) is 0 Å².